The monoisotopic (exact) mass is 339 g/mol. The number of aryl methyl sites for hydroxylation is 1. The molecule has 108 valence electrons. The fourth-order valence-corrected chi connectivity index (χ4v) is 2.71. The fourth-order valence-electron chi connectivity index (χ4n) is 2.13. The Morgan fingerprint density at radius 3 is 2.65 bits per heavy atom. The van der Waals surface area contributed by atoms with Gasteiger partial charge in [-0.2, -0.15) is 0 Å². The normalized spacial score (nSPS) is 12.6. The molecule has 0 saturated heterocycles. The molecule has 1 aromatic carbocycles. The van der Waals surface area contributed by atoms with E-state index in [4.69, 9.17) is 4.42 Å². The average molecular weight is 340 g/mol. The second-order valence-corrected chi connectivity index (χ2v) is 5.56. The highest BCUT2D eigenvalue weighted by Gasteiger charge is 2.19. The molecule has 2 aromatic rings. The topological polar surface area (TPSA) is 25.2 Å². The number of halogens is 2. The third kappa shape index (κ3) is 3.49. The van der Waals surface area contributed by atoms with Gasteiger partial charge in [-0.05, 0) is 42.8 Å². The number of rotatable bonds is 6. The molecule has 0 amide bonds. The van der Waals surface area contributed by atoms with Crippen LogP contribution < -0.4 is 5.32 Å². The Morgan fingerprint density at radius 2 is 2.05 bits per heavy atom. The van der Waals surface area contributed by atoms with Crippen LogP contribution in [0.2, 0.25) is 0 Å². The van der Waals surface area contributed by atoms with Crippen molar-refractivity contribution >= 4 is 15.9 Å². The molecule has 1 heterocycles. The lowest BCUT2D eigenvalue weighted by Crippen LogP contribution is -2.23. The van der Waals surface area contributed by atoms with E-state index in [0.29, 0.717) is 0 Å². The highest BCUT2D eigenvalue weighted by Crippen LogP contribution is 2.30. The lowest BCUT2D eigenvalue weighted by Gasteiger charge is -2.18. The molecule has 2 nitrogen and oxygen atoms in total. The molecule has 20 heavy (non-hydrogen) atoms. The van der Waals surface area contributed by atoms with Gasteiger partial charge in [0.2, 0.25) is 0 Å². The first kappa shape index (κ1) is 15.3. The summed E-state index contributed by atoms with van der Waals surface area (Å²) in [5.74, 6) is 1.58. The number of benzene rings is 1. The first-order chi connectivity index (χ1) is 9.65. The zero-order valence-corrected chi connectivity index (χ0v) is 13.3. The van der Waals surface area contributed by atoms with Crippen LogP contribution in [0.3, 0.4) is 0 Å². The molecule has 1 aromatic heterocycles. The van der Waals surface area contributed by atoms with Gasteiger partial charge in [0.25, 0.3) is 0 Å². The third-order valence-electron chi connectivity index (χ3n) is 3.19. The highest BCUT2D eigenvalue weighted by molar-refractivity contribution is 9.10. The maximum atomic E-state index is 13.3. The molecular formula is C16H19BrFNO. The van der Waals surface area contributed by atoms with Crippen molar-refractivity contribution in [2.75, 3.05) is 6.54 Å². The van der Waals surface area contributed by atoms with Crippen LogP contribution in [0.4, 0.5) is 4.39 Å². The third-order valence-corrected chi connectivity index (χ3v) is 3.87. The van der Waals surface area contributed by atoms with Crippen molar-refractivity contribution in [1.29, 1.82) is 0 Å². The Kier molecular flexibility index (Phi) is 5.38. The molecule has 0 aliphatic heterocycles. The molecule has 0 aliphatic carbocycles. The van der Waals surface area contributed by atoms with E-state index in [1.165, 1.54) is 12.1 Å². The summed E-state index contributed by atoms with van der Waals surface area (Å²) in [5, 5.41) is 3.45. The van der Waals surface area contributed by atoms with E-state index < -0.39 is 0 Å². The van der Waals surface area contributed by atoms with Gasteiger partial charge in [-0.3, -0.25) is 0 Å². The van der Waals surface area contributed by atoms with Gasteiger partial charge in [0.15, 0.2) is 0 Å². The highest BCUT2D eigenvalue weighted by atomic mass is 79.9. The van der Waals surface area contributed by atoms with Crippen LogP contribution >= 0.6 is 15.9 Å². The Hall–Kier alpha value is -1.13. The van der Waals surface area contributed by atoms with Gasteiger partial charge < -0.3 is 9.73 Å². The molecule has 1 N–H and O–H groups in total. The maximum Gasteiger partial charge on any atom is 0.125 e. The first-order valence-electron chi connectivity index (χ1n) is 6.92. The van der Waals surface area contributed by atoms with Gasteiger partial charge in [-0.25, -0.2) is 4.39 Å². The van der Waals surface area contributed by atoms with E-state index in [2.05, 4.69) is 35.1 Å². The molecule has 0 aliphatic rings. The van der Waals surface area contributed by atoms with E-state index in [0.717, 1.165) is 40.9 Å². The van der Waals surface area contributed by atoms with E-state index in [1.54, 1.807) is 6.07 Å². The lowest BCUT2D eigenvalue weighted by molar-refractivity contribution is 0.421. The zero-order valence-electron chi connectivity index (χ0n) is 11.7. The van der Waals surface area contributed by atoms with Crippen LogP contribution in [0.25, 0.3) is 0 Å². The largest absolute Gasteiger partial charge is 0.464 e. The minimum absolute atomic E-state index is 0.0646. The van der Waals surface area contributed by atoms with E-state index >= 15 is 0 Å². The van der Waals surface area contributed by atoms with Crippen molar-refractivity contribution in [3.63, 3.8) is 0 Å². The number of hydrogen-bond donors (Lipinski definition) is 1. The van der Waals surface area contributed by atoms with Crippen molar-refractivity contribution in [1.82, 2.24) is 5.32 Å². The van der Waals surface area contributed by atoms with Crippen LogP contribution in [-0.4, -0.2) is 6.54 Å². The summed E-state index contributed by atoms with van der Waals surface area (Å²) in [7, 11) is 0. The molecule has 0 radical (unpaired) electrons. The van der Waals surface area contributed by atoms with Crippen LogP contribution in [0.1, 0.15) is 43.4 Å². The van der Waals surface area contributed by atoms with Gasteiger partial charge in [-0.1, -0.05) is 35.8 Å². The first-order valence-corrected chi connectivity index (χ1v) is 7.72. The number of furan rings is 1. The molecule has 0 saturated carbocycles. The van der Waals surface area contributed by atoms with Gasteiger partial charge in [0.1, 0.15) is 17.3 Å². The van der Waals surface area contributed by atoms with Crippen LogP contribution in [0.5, 0.6) is 0 Å². The van der Waals surface area contributed by atoms with Gasteiger partial charge in [-0.15, -0.1) is 0 Å². The molecule has 4 heteroatoms. The average Bonchev–Trinajstić information content (AvgIpc) is 2.90. The van der Waals surface area contributed by atoms with E-state index in [-0.39, 0.29) is 11.9 Å². The second-order valence-electron chi connectivity index (χ2n) is 4.71. The van der Waals surface area contributed by atoms with Crippen molar-refractivity contribution in [3.8, 4) is 0 Å². The number of nitrogens with one attached hydrogen (secondary N) is 1. The van der Waals surface area contributed by atoms with Gasteiger partial charge >= 0.3 is 0 Å². The summed E-state index contributed by atoms with van der Waals surface area (Å²) in [6, 6.07) is 8.67. The summed E-state index contributed by atoms with van der Waals surface area (Å²) in [6.07, 6.45) is 1.89. The molecule has 2 rings (SSSR count). The lowest BCUT2D eigenvalue weighted by atomic mass is 10.0. The minimum atomic E-state index is -0.247. The van der Waals surface area contributed by atoms with Crippen molar-refractivity contribution in [2.45, 2.75) is 32.7 Å². The predicted octanol–water partition coefficient (Wildman–Crippen LogP) is 4.83. The van der Waals surface area contributed by atoms with E-state index in [1.807, 2.05) is 12.1 Å². The summed E-state index contributed by atoms with van der Waals surface area (Å²) in [5.41, 5.74) is 0.983. The van der Waals surface area contributed by atoms with E-state index in [9.17, 15) is 4.39 Å². The minimum Gasteiger partial charge on any atom is -0.464 e. The molecule has 0 spiro atoms. The molecule has 0 bridgehead atoms. The molecular weight excluding hydrogens is 321 g/mol. The molecule has 1 unspecified atom stereocenters. The smallest absolute Gasteiger partial charge is 0.125 e. The fraction of sp³-hybridized carbons (Fsp3) is 0.375. The summed E-state index contributed by atoms with van der Waals surface area (Å²) >= 11 is 3.44. The second kappa shape index (κ2) is 7.04. The summed E-state index contributed by atoms with van der Waals surface area (Å²) in [6.45, 7) is 5.05. The van der Waals surface area contributed by atoms with Crippen LogP contribution in [0.15, 0.2) is 39.2 Å². The van der Waals surface area contributed by atoms with Crippen LogP contribution in [0, 0.1) is 5.82 Å². The van der Waals surface area contributed by atoms with Gasteiger partial charge in [0.05, 0.1) is 6.04 Å². The van der Waals surface area contributed by atoms with Crippen LogP contribution in [-0.2, 0) is 6.42 Å². The van der Waals surface area contributed by atoms with Gasteiger partial charge in [0, 0.05) is 10.9 Å². The molecule has 0 fully saturated rings. The zero-order chi connectivity index (χ0) is 14.5. The Morgan fingerprint density at radius 1 is 1.25 bits per heavy atom. The molecule has 1 atom stereocenters. The maximum absolute atomic E-state index is 13.3. The van der Waals surface area contributed by atoms with Crippen molar-refractivity contribution in [3.05, 3.63) is 57.7 Å². The Bertz CT molecular complexity index is 567. The van der Waals surface area contributed by atoms with Crippen molar-refractivity contribution < 1.29 is 8.81 Å². The quantitative estimate of drug-likeness (QED) is 0.815. The predicted molar refractivity (Wildman–Crippen MR) is 82.3 cm³/mol. The summed E-state index contributed by atoms with van der Waals surface area (Å²) < 4.78 is 19.9. The summed E-state index contributed by atoms with van der Waals surface area (Å²) in [4.78, 5) is 0. The SMILES string of the molecule is CCCNC(c1ccc(CC)o1)c1ccc(F)cc1Br. The number of hydrogen-bond acceptors (Lipinski definition) is 2. The Labute approximate surface area is 127 Å². The standard InChI is InChI=1S/C16H19BrFNO/c1-3-9-19-16(15-8-6-12(4-2)20-15)13-7-5-11(18)10-14(13)17/h5-8,10,16,19H,3-4,9H2,1-2H3. The van der Waals surface area contributed by atoms with Crippen molar-refractivity contribution in [2.24, 2.45) is 0 Å². The Balaban J connectivity index is 2.35.